The van der Waals surface area contributed by atoms with Crippen molar-refractivity contribution in [2.24, 2.45) is 0 Å². The van der Waals surface area contributed by atoms with E-state index in [0.29, 0.717) is 24.9 Å². The van der Waals surface area contributed by atoms with Crippen LogP contribution in [0.4, 0.5) is 0 Å². The average molecular weight is 295 g/mol. The summed E-state index contributed by atoms with van der Waals surface area (Å²) in [6.45, 7) is 5.72. The number of aryl methyl sites for hydroxylation is 1. The molecule has 0 aliphatic rings. The molecule has 2 aromatic rings. The zero-order chi connectivity index (χ0) is 14.5. The van der Waals surface area contributed by atoms with Crippen LogP contribution >= 0.6 is 11.8 Å². The van der Waals surface area contributed by atoms with E-state index in [2.05, 4.69) is 9.97 Å². The maximum Gasteiger partial charge on any atom is 0.313 e. The Kier molecular flexibility index (Phi) is 4.97. The number of thioether (sulfide) groups is 1. The van der Waals surface area contributed by atoms with Crippen molar-refractivity contribution in [3.8, 4) is 0 Å². The highest BCUT2D eigenvalue weighted by Crippen LogP contribution is 2.24. The van der Waals surface area contributed by atoms with Gasteiger partial charge in [0, 0.05) is 12.8 Å². The number of hydrogen-bond acceptors (Lipinski definition) is 5. The minimum Gasteiger partial charge on any atom is -0.481 e. The van der Waals surface area contributed by atoms with Crippen molar-refractivity contribution >= 4 is 28.9 Å². The van der Waals surface area contributed by atoms with E-state index in [4.69, 9.17) is 9.84 Å². The van der Waals surface area contributed by atoms with Crippen LogP contribution in [0.1, 0.15) is 12.5 Å². The van der Waals surface area contributed by atoms with E-state index in [1.54, 1.807) is 6.20 Å². The summed E-state index contributed by atoms with van der Waals surface area (Å²) in [4.78, 5) is 19.6. The van der Waals surface area contributed by atoms with Gasteiger partial charge in [0.15, 0.2) is 10.8 Å². The first kappa shape index (κ1) is 14.8. The van der Waals surface area contributed by atoms with E-state index in [-0.39, 0.29) is 5.75 Å². The largest absolute Gasteiger partial charge is 0.481 e. The van der Waals surface area contributed by atoms with Gasteiger partial charge in [-0.15, -0.1) is 0 Å². The lowest BCUT2D eigenvalue weighted by atomic mass is 10.3. The molecule has 6 nitrogen and oxygen atoms in total. The van der Waals surface area contributed by atoms with Crippen molar-refractivity contribution < 1.29 is 14.6 Å². The molecule has 2 rings (SSSR count). The minimum atomic E-state index is -0.858. The highest BCUT2D eigenvalue weighted by atomic mass is 32.2. The van der Waals surface area contributed by atoms with Crippen molar-refractivity contribution in [2.75, 3.05) is 19.0 Å². The van der Waals surface area contributed by atoms with E-state index < -0.39 is 5.97 Å². The number of nitrogens with zero attached hydrogens (tertiary/aromatic N) is 3. The molecule has 0 atom stereocenters. The lowest BCUT2D eigenvalue weighted by Gasteiger charge is -2.07. The number of aliphatic carboxylic acids is 1. The number of rotatable bonds is 7. The number of fused-ring (bicyclic) bond motifs is 1. The molecule has 0 radical (unpaired) electrons. The molecule has 0 unspecified atom stereocenters. The highest BCUT2D eigenvalue weighted by Gasteiger charge is 2.14. The van der Waals surface area contributed by atoms with Crippen molar-refractivity contribution in [1.82, 2.24) is 14.5 Å². The second kappa shape index (κ2) is 6.71. The molecule has 108 valence electrons. The maximum atomic E-state index is 10.7. The highest BCUT2D eigenvalue weighted by molar-refractivity contribution is 7.99. The molecule has 7 heteroatoms. The third-order valence-electron chi connectivity index (χ3n) is 2.79. The molecule has 2 heterocycles. The quantitative estimate of drug-likeness (QED) is 0.621. The molecule has 1 N–H and O–H groups in total. The SMILES string of the molecule is CCOCCn1c(SCC(=O)O)nc2c(C)ccnc21. The third kappa shape index (κ3) is 3.29. The number of carbonyl (C=O) groups is 1. The van der Waals surface area contributed by atoms with Crippen LogP contribution in [0.15, 0.2) is 17.4 Å². The first-order chi connectivity index (χ1) is 9.63. The monoisotopic (exact) mass is 295 g/mol. The minimum absolute atomic E-state index is 0.0169. The molecule has 0 aliphatic heterocycles. The molecular weight excluding hydrogens is 278 g/mol. The van der Waals surface area contributed by atoms with Crippen LogP contribution in [0.2, 0.25) is 0 Å². The molecule has 0 aliphatic carbocycles. The van der Waals surface area contributed by atoms with Crippen LogP contribution in [0.5, 0.6) is 0 Å². The average Bonchev–Trinajstić information content (AvgIpc) is 2.77. The number of carboxylic acid groups (broad SMARTS) is 1. The fourth-order valence-corrected chi connectivity index (χ4v) is 2.60. The Morgan fingerprint density at radius 2 is 2.35 bits per heavy atom. The number of carboxylic acids is 1. The molecule has 0 aromatic carbocycles. The van der Waals surface area contributed by atoms with Gasteiger partial charge in [-0.1, -0.05) is 11.8 Å². The summed E-state index contributed by atoms with van der Waals surface area (Å²) in [5, 5.41) is 9.48. The predicted octanol–water partition coefficient (Wildman–Crippen LogP) is 1.95. The molecule has 0 amide bonds. The summed E-state index contributed by atoms with van der Waals surface area (Å²) in [5.41, 5.74) is 2.62. The summed E-state index contributed by atoms with van der Waals surface area (Å²) >= 11 is 1.20. The predicted molar refractivity (Wildman–Crippen MR) is 77.1 cm³/mol. The van der Waals surface area contributed by atoms with Gasteiger partial charge in [0.1, 0.15) is 5.52 Å². The van der Waals surface area contributed by atoms with Crippen molar-refractivity contribution in [3.05, 3.63) is 17.8 Å². The maximum absolute atomic E-state index is 10.7. The third-order valence-corrected chi connectivity index (χ3v) is 3.75. The van der Waals surface area contributed by atoms with Gasteiger partial charge >= 0.3 is 5.97 Å². The van der Waals surface area contributed by atoms with E-state index >= 15 is 0 Å². The van der Waals surface area contributed by atoms with E-state index in [1.807, 2.05) is 24.5 Å². The molecular formula is C13H17N3O3S. The lowest BCUT2D eigenvalue weighted by Crippen LogP contribution is -2.09. The van der Waals surface area contributed by atoms with E-state index in [0.717, 1.165) is 16.7 Å². The van der Waals surface area contributed by atoms with Gasteiger partial charge in [0.25, 0.3) is 0 Å². The summed E-state index contributed by atoms with van der Waals surface area (Å²) in [6.07, 6.45) is 1.74. The number of hydrogen-bond donors (Lipinski definition) is 1. The van der Waals surface area contributed by atoms with Crippen LogP contribution in [0.3, 0.4) is 0 Å². The Balaban J connectivity index is 2.34. The Hall–Kier alpha value is -1.60. The fraction of sp³-hybridized carbons (Fsp3) is 0.462. The number of imidazole rings is 1. The van der Waals surface area contributed by atoms with Crippen molar-refractivity contribution in [1.29, 1.82) is 0 Å². The van der Waals surface area contributed by atoms with Gasteiger partial charge < -0.3 is 14.4 Å². The first-order valence-corrected chi connectivity index (χ1v) is 7.36. The normalized spacial score (nSPS) is 11.1. The number of aromatic nitrogens is 3. The molecule has 0 bridgehead atoms. The second-order valence-electron chi connectivity index (χ2n) is 4.23. The standard InChI is InChI=1S/C13H17N3O3S/c1-3-19-7-6-16-12-11(9(2)4-5-14-12)15-13(16)20-8-10(17)18/h4-5H,3,6-8H2,1-2H3,(H,17,18). The van der Waals surface area contributed by atoms with Crippen molar-refractivity contribution in [2.45, 2.75) is 25.5 Å². The van der Waals surface area contributed by atoms with Gasteiger partial charge in [0.2, 0.25) is 0 Å². The second-order valence-corrected chi connectivity index (χ2v) is 5.17. The molecule has 0 spiro atoms. The Bertz CT molecular complexity index is 612. The summed E-state index contributed by atoms with van der Waals surface area (Å²) in [5.74, 6) is -0.875. The van der Waals surface area contributed by atoms with Crippen LogP contribution < -0.4 is 0 Å². The van der Waals surface area contributed by atoms with Crippen LogP contribution in [-0.4, -0.2) is 44.6 Å². The molecule has 20 heavy (non-hydrogen) atoms. The topological polar surface area (TPSA) is 77.2 Å². The first-order valence-electron chi connectivity index (χ1n) is 6.37. The van der Waals surface area contributed by atoms with Gasteiger partial charge in [-0.05, 0) is 25.5 Å². The molecule has 0 saturated heterocycles. The van der Waals surface area contributed by atoms with Gasteiger partial charge in [-0.25, -0.2) is 9.97 Å². The molecule has 2 aromatic heterocycles. The summed E-state index contributed by atoms with van der Waals surface area (Å²) in [7, 11) is 0. The van der Waals surface area contributed by atoms with Crippen molar-refractivity contribution in [3.63, 3.8) is 0 Å². The summed E-state index contributed by atoms with van der Waals surface area (Å²) in [6, 6.07) is 1.90. The van der Waals surface area contributed by atoms with Gasteiger partial charge in [-0.3, -0.25) is 4.79 Å². The number of pyridine rings is 1. The molecule has 0 fully saturated rings. The van der Waals surface area contributed by atoms with E-state index in [9.17, 15) is 4.79 Å². The van der Waals surface area contributed by atoms with Crippen LogP contribution in [0.25, 0.3) is 11.2 Å². The zero-order valence-electron chi connectivity index (χ0n) is 11.5. The Morgan fingerprint density at radius 1 is 1.55 bits per heavy atom. The Morgan fingerprint density at radius 3 is 3.05 bits per heavy atom. The summed E-state index contributed by atoms with van der Waals surface area (Å²) < 4.78 is 7.29. The van der Waals surface area contributed by atoms with E-state index in [1.165, 1.54) is 11.8 Å². The van der Waals surface area contributed by atoms with Gasteiger partial charge in [-0.2, -0.15) is 0 Å². The molecule has 0 saturated carbocycles. The lowest BCUT2D eigenvalue weighted by molar-refractivity contribution is -0.133. The van der Waals surface area contributed by atoms with Crippen LogP contribution in [-0.2, 0) is 16.1 Å². The zero-order valence-corrected chi connectivity index (χ0v) is 12.3. The Labute approximate surface area is 121 Å². The smallest absolute Gasteiger partial charge is 0.313 e. The van der Waals surface area contributed by atoms with Crippen LogP contribution in [0, 0.1) is 6.92 Å². The fourth-order valence-electron chi connectivity index (χ4n) is 1.86. The van der Waals surface area contributed by atoms with Gasteiger partial charge in [0.05, 0.1) is 18.9 Å². The number of ether oxygens (including phenoxy) is 1.